The van der Waals surface area contributed by atoms with Gasteiger partial charge >= 0.3 is 0 Å². The van der Waals surface area contributed by atoms with E-state index in [2.05, 4.69) is 88.6 Å². The second kappa shape index (κ2) is 9.19. The van der Waals surface area contributed by atoms with E-state index in [0.29, 0.717) is 0 Å². The van der Waals surface area contributed by atoms with Crippen LogP contribution >= 0.6 is 34.4 Å². The van der Waals surface area contributed by atoms with Crippen molar-refractivity contribution in [2.45, 2.75) is 16.4 Å². The lowest BCUT2D eigenvalue weighted by molar-refractivity contribution is 0.0273. The fourth-order valence-electron chi connectivity index (χ4n) is 3.24. The lowest BCUT2D eigenvalue weighted by Crippen LogP contribution is -2.41. The minimum Gasteiger partial charge on any atom is -0.374 e. The van der Waals surface area contributed by atoms with E-state index in [1.54, 1.807) is 11.8 Å². The molecule has 3 nitrogen and oxygen atoms in total. The number of rotatable bonds is 5. The van der Waals surface area contributed by atoms with Gasteiger partial charge in [-0.05, 0) is 51.9 Å². The Labute approximate surface area is 178 Å². The molecule has 5 heteroatoms. The summed E-state index contributed by atoms with van der Waals surface area (Å²) in [7, 11) is 0. The van der Waals surface area contributed by atoms with E-state index in [1.807, 2.05) is 12.3 Å². The second-order valence-corrected chi connectivity index (χ2v) is 8.80. The zero-order chi connectivity index (χ0) is 18.5. The van der Waals surface area contributed by atoms with Gasteiger partial charge in [0, 0.05) is 28.4 Å². The molecular weight excluding hydrogens is 467 g/mol. The summed E-state index contributed by atoms with van der Waals surface area (Å²) in [5.74, 6) is 0. The predicted octanol–water partition coefficient (Wildman–Crippen LogP) is 5.18. The fraction of sp³-hybridized carbons (Fsp3) is 0.227. The van der Waals surface area contributed by atoms with Crippen LogP contribution in [0.25, 0.3) is 11.1 Å². The van der Waals surface area contributed by atoms with Gasteiger partial charge in [0.15, 0.2) is 0 Å². The summed E-state index contributed by atoms with van der Waals surface area (Å²) in [6.45, 7) is 2.53. The van der Waals surface area contributed by atoms with Crippen molar-refractivity contribution in [1.29, 1.82) is 0 Å². The lowest BCUT2D eigenvalue weighted by Gasteiger charge is -2.31. The summed E-state index contributed by atoms with van der Waals surface area (Å²) in [6.07, 6.45) is 2.00. The van der Waals surface area contributed by atoms with Crippen LogP contribution in [-0.2, 0) is 4.74 Å². The summed E-state index contributed by atoms with van der Waals surface area (Å²) >= 11 is 4.13. The molecule has 1 aliphatic heterocycles. The molecule has 2 atom stereocenters. The van der Waals surface area contributed by atoms with Crippen molar-refractivity contribution in [2.75, 3.05) is 19.7 Å². The maximum absolute atomic E-state index is 6.12. The van der Waals surface area contributed by atoms with E-state index in [9.17, 15) is 0 Å². The zero-order valence-corrected chi connectivity index (χ0v) is 17.8. The van der Waals surface area contributed by atoms with Crippen molar-refractivity contribution in [3.8, 4) is 11.1 Å². The number of benzene rings is 2. The van der Waals surface area contributed by atoms with Crippen LogP contribution < -0.4 is 5.32 Å². The van der Waals surface area contributed by atoms with Crippen molar-refractivity contribution in [2.24, 2.45) is 0 Å². The Morgan fingerprint density at radius 2 is 1.85 bits per heavy atom. The molecule has 0 aliphatic carbocycles. The summed E-state index contributed by atoms with van der Waals surface area (Å²) in [6, 6.07) is 23.4. The largest absolute Gasteiger partial charge is 0.374 e. The molecule has 1 aromatic heterocycles. The molecule has 1 N–H and O–H groups in total. The van der Waals surface area contributed by atoms with Crippen LogP contribution in [0.1, 0.15) is 10.8 Å². The van der Waals surface area contributed by atoms with E-state index in [-0.39, 0.29) is 11.4 Å². The summed E-state index contributed by atoms with van der Waals surface area (Å²) in [5, 5.41) is 4.70. The van der Waals surface area contributed by atoms with Crippen molar-refractivity contribution in [3.63, 3.8) is 0 Å². The number of nitrogens with one attached hydrogen (secondary N) is 1. The van der Waals surface area contributed by atoms with Gasteiger partial charge in [0.05, 0.1) is 18.0 Å². The van der Waals surface area contributed by atoms with Crippen LogP contribution in [0.15, 0.2) is 78.0 Å². The van der Waals surface area contributed by atoms with Crippen LogP contribution in [0.2, 0.25) is 0 Å². The molecule has 1 saturated heterocycles. The van der Waals surface area contributed by atoms with Gasteiger partial charge in [-0.25, -0.2) is 4.98 Å². The van der Waals surface area contributed by atoms with Crippen molar-refractivity contribution in [1.82, 2.24) is 10.3 Å². The molecule has 4 rings (SSSR count). The van der Waals surface area contributed by atoms with Crippen molar-refractivity contribution in [3.05, 3.63) is 82.1 Å². The van der Waals surface area contributed by atoms with Crippen LogP contribution in [0.4, 0.5) is 0 Å². The van der Waals surface area contributed by atoms with Crippen LogP contribution in [0.5, 0.6) is 0 Å². The van der Waals surface area contributed by atoms with E-state index in [0.717, 1.165) is 24.7 Å². The summed E-state index contributed by atoms with van der Waals surface area (Å²) < 4.78 is 7.35. The maximum Gasteiger partial charge on any atom is 0.104 e. The van der Waals surface area contributed by atoms with Gasteiger partial charge < -0.3 is 10.1 Å². The Kier molecular flexibility index (Phi) is 6.44. The van der Waals surface area contributed by atoms with Gasteiger partial charge in [0.2, 0.25) is 0 Å². The first kappa shape index (κ1) is 18.9. The highest BCUT2D eigenvalue weighted by atomic mass is 127. The zero-order valence-electron chi connectivity index (χ0n) is 14.8. The minimum absolute atomic E-state index is 0.123. The lowest BCUT2D eigenvalue weighted by atomic mass is 10.1. The highest BCUT2D eigenvalue weighted by Gasteiger charge is 2.28. The number of aromatic nitrogens is 1. The van der Waals surface area contributed by atoms with Crippen LogP contribution in [0.3, 0.4) is 0 Å². The fourth-order valence-corrected chi connectivity index (χ4v) is 4.89. The number of thioether (sulfide) groups is 1. The molecule has 1 aliphatic rings. The first-order chi connectivity index (χ1) is 13.3. The number of hydrogen-bond acceptors (Lipinski definition) is 4. The molecule has 2 heterocycles. The SMILES string of the molecule is Ic1ccc(-c2cccnc2S[C@@H](c2ccccc2)[C@@H]2CNCCO2)cc1. The molecular formula is C22H21IN2OS. The van der Waals surface area contributed by atoms with Gasteiger partial charge in [-0.15, -0.1) is 0 Å². The molecule has 0 spiro atoms. The maximum atomic E-state index is 6.12. The first-order valence-electron chi connectivity index (χ1n) is 9.06. The Hall–Kier alpha value is -1.41. The highest BCUT2D eigenvalue weighted by Crippen LogP contribution is 2.42. The van der Waals surface area contributed by atoms with E-state index in [4.69, 9.17) is 9.72 Å². The predicted molar refractivity (Wildman–Crippen MR) is 120 cm³/mol. The average Bonchev–Trinajstić information content (AvgIpc) is 2.74. The second-order valence-electron chi connectivity index (χ2n) is 6.43. The monoisotopic (exact) mass is 488 g/mol. The number of morpholine rings is 1. The third kappa shape index (κ3) is 4.71. The number of hydrogen-bond donors (Lipinski definition) is 1. The normalized spacial score (nSPS) is 18.2. The summed E-state index contributed by atoms with van der Waals surface area (Å²) in [5.41, 5.74) is 3.64. The van der Waals surface area contributed by atoms with Gasteiger partial charge in [0.25, 0.3) is 0 Å². The van der Waals surface area contributed by atoms with E-state index < -0.39 is 0 Å². The average molecular weight is 488 g/mol. The molecule has 0 saturated carbocycles. The molecule has 0 radical (unpaired) electrons. The Morgan fingerprint density at radius 1 is 1.04 bits per heavy atom. The Morgan fingerprint density at radius 3 is 2.59 bits per heavy atom. The van der Waals surface area contributed by atoms with Gasteiger partial charge in [-0.3, -0.25) is 0 Å². The molecule has 1 fully saturated rings. The van der Waals surface area contributed by atoms with E-state index >= 15 is 0 Å². The molecule has 27 heavy (non-hydrogen) atoms. The number of pyridine rings is 1. The third-order valence-electron chi connectivity index (χ3n) is 4.59. The van der Waals surface area contributed by atoms with Crippen LogP contribution in [0, 0.1) is 3.57 Å². The number of halogens is 1. The van der Waals surface area contributed by atoms with Gasteiger partial charge in [-0.1, -0.05) is 60.3 Å². The smallest absolute Gasteiger partial charge is 0.104 e. The van der Waals surface area contributed by atoms with Gasteiger partial charge in [-0.2, -0.15) is 0 Å². The standard InChI is InChI=1S/C22H21IN2OS/c23-18-10-8-16(9-11-18)19-7-4-12-25-22(19)27-21(17-5-2-1-3-6-17)20-15-24-13-14-26-20/h1-12,20-21,24H,13-15H2/t20-,21-/m0/s1. The van der Waals surface area contributed by atoms with Gasteiger partial charge in [0.1, 0.15) is 5.03 Å². The molecule has 0 unspecified atom stereocenters. The number of ether oxygens (including phenoxy) is 1. The quantitative estimate of drug-likeness (QED) is 0.397. The topological polar surface area (TPSA) is 34.2 Å². The van der Waals surface area contributed by atoms with Crippen molar-refractivity contribution < 1.29 is 4.74 Å². The highest BCUT2D eigenvalue weighted by molar-refractivity contribution is 14.1. The third-order valence-corrected chi connectivity index (χ3v) is 6.68. The molecule has 0 bridgehead atoms. The van der Waals surface area contributed by atoms with E-state index in [1.165, 1.54) is 20.3 Å². The molecule has 0 amide bonds. The number of nitrogens with zero attached hydrogens (tertiary/aromatic N) is 1. The molecule has 2 aromatic carbocycles. The Balaban J connectivity index is 1.68. The van der Waals surface area contributed by atoms with Crippen molar-refractivity contribution >= 4 is 34.4 Å². The first-order valence-corrected chi connectivity index (χ1v) is 11.0. The molecule has 138 valence electrons. The van der Waals surface area contributed by atoms with Crippen LogP contribution in [-0.4, -0.2) is 30.8 Å². The molecule has 3 aromatic rings. The minimum atomic E-state index is 0.123. The Bertz CT molecular complexity index is 867. The summed E-state index contributed by atoms with van der Waals surface area (Å²) in [4.78, 5) is 4.72.